The molecule has 0 aliphatic rings. The summed E-state index contributed by atoms with van der Waals surface area (Å²) in [5.41, 5.74) is 2.44. The summed E-state index contributed by atoms with van der Waals surface area (Å²) in [5.74, 6) is 1.58. The maximum Gasteiger partial charge on any atom is 0.147 e. The highest BCUT2D eigenvalue weighted by molar-refractivity contribution is 5.46. The largest absolute Gasteiger partial charge is 0.456 e. The van der Waals surface area contributed by atoms with Crippen molar-refractivity contribution < 1.29 is 4.74 Å². The Kier molecular flexibility index (Phi) is 4.84. The molecule has 1 aromatic heterocycles. The van der Waals surface area contributed by atoms with Crippen LogP contribution in [0.3, 0.4) is 0 Å². The summed E-state index contributed by atoms with van der Waals surface area (Å²) in [7, 11) is 0. The highest BCUT2D eigenvalue weighted by Gasteiger charge is 2.13. The van der Waals surface area contributed by atoms with Gasteiger partial charge in [0.2, 0.25) is 0 Å². The second-order valence-electron chi connectivity index (χ2n) is 6.21. The second kappa shape index (κ2) is 6.61. The van der Waals surface area contributed by atoms with Crippen molar-refractivity contribution in [1.29, 1.82) is 0 Å². The number of nitrogens with one attached hydrogen (secondary N) is 1. The predicted octanol–water partition coefficient (Wildman–Crippen LogP) is 4.99. The molecule has 0 radical (unpaired) electrons. The molecule has 0 bridgehead atoms. The van der Waals surface area contributed by atoms with Crippen molar-refractivity contribution in [1.82, 2.24) is 4.98 Å². The van der Waals surface area contributed by atoms with E-state index in [1.54, 1.807) is 6.20 Å². The zero-order valence-electron chi connectivity index (χ0n) is 13.3. The number of rotatable bonds is 5. The minimum absolute atomic E-state index is 0.157. The van der Waals surface area contributed by atoms with E-state index in [-0.39, 0.29) is 5.41 Å². The number of ether oxygens (including phenoxy) is 1. The Morgan fingerprint density at radius 1 is 1.05 bits per heavy atom. The molecular weight excluding hydrogens is 260 g/mol. The van der Waals surface area contributed by atoms with Gasteiger partial charge in [-0.15, -0.1) is 0 Å². The zero-order valence-corrected chi connectivity index (χ0v) is 13.3. The third-order valence-corrected chi connectivity index (χ3v) is 3.25. The first-order chi connectivity index (χ1) is 9.99. The minimum atomic E-state index is 0.157. The van der Waals surface area contributed by atoms with E-state index < -0.39 is 0 Å². The SMILES string of the molecule is CCCNc1cncc(Oc2ccc(C(C)(C)C)cc2)c1. The molecule has 0 aliphatic heterocycles. The van der Waals surface area contributed by atoms with Crippen LogP contribution in [0.2, 0.25) is 0 Å². The summed E-state index contributed by atoms with van der Waals surface area (Å²) in [6, 6.07) is 10.2. The molecule has 1 N–H and O–H groups in total. The van der Waals surface area contributed by atoms with Gasteiger partial charge in [-0.25, -0.2) is 0 Å². The van der Waals surface area contributed by atoms with Gasteiger partial charge < -0.3 is 10.1 Å². The number of anilines is 1. The van der Waals surface area contributed by atoms with Crippen LogP contribution in [0.4, 0.5) is 5.69 Å². The Labute approximate surface area is 127 Å². The molecule has 0 aliphatic carbocycles. The summed E-state index contributed by atoms with van der Waals surface area (Å²) < 4.78 is 5.86. The fourth-order valence-electron chi connectivity index (χ4n) is 2.00. The van der Waals surface area contributed by atoms with Crippen LogP contribution in [0, 0.1) is 0 Å². The molecule has 0 saturated heterocycles. The molecule has 0 saturated carbocycles. The Morgan fingerprint density at radius 2 is 1.76 bits per heavy atom. The molecule has 0 unspecified atom stereocenters. The van der Waals surface area contributed by atoms with Crippen molar-refractivity contribution in [3.05, 3.63) is 48.3 Å². The van der Waals surface area contributed by atoms with Crippen molar-refractivity contribution in [3.8, 4) is 11.5 Å². The topological polar surface area (TPSA) is 34.2 Å². The number of hydrogen-bond acceptors (Lipinski definition) is 3. The molecule has 1 heterocycles. The summed E-state index contributed by atoms with van der Waals surface area (Å²) in [4.78, 5) is 4.20. The number of pyridine rings is 1. The second-order valence-corrected chi connectivity index (χ2v) is 6.21. The fourth-order valence-corrected chi connectivity index (χ4v) is 2.00. The normalized spacial score (nSPS) is 11.2. The number of aromatic nitrogens is 1. The Hall–Kier alpha value is -2.03. The van der Waals surface area contributed by atoms with Gasteiger partial charge in [0.05, 0.1) is 18.1 Å². The van der Waals surface area contributed by atoms with Crippen LogP contribution >= 0.6 is 0 Å². The Balaban J connectivity index is 2.07. The average molecular weight is 284 g/mol. The molecule has 0 spiro atoms. The van der Waals surface area contributed by atoms with Gasteiger partial charge in [0.25, 0.3) is 0 Å². The molecule has 3 nitrogen and oxygen atoms in total. The standard InChI is InChI=1S/C18H24N2O/c1-5-10-20-15-11-17(13-19-12-15)21-16-8-6-14(7-9-16)18(2,3)4/h6-9,11-13,20H,5,10H2,1-4H3. The average Bonchev–Trinajstić information content (AvgIpc) is 2.45. The van der Waals surface area contributed by atoms with E-state index in [0.717, 1.165) is 30.2 Å². The molecule has 21 heavy (non-hydrogen) atoms. The van der Waals surface area contributed by atoms with Crippen LogP contribution < -0.4 is 10.1 Å². The van der Waals surface area contributed by atoms with E-state index in [4.69, 9.17) is 4.74 Å². The van der Waals surface area contributed by atoms with Crippen LogP contribution in [-0.2, 0) is 5.41 Å². The first-order valence-corrected chi connectivity index (χ1v) is 7.46. The molecule has 0 atom stereocenters. The van der Waals surface area contributed by atoms with Crippen molar-refractivity contribution in [2.75, 3.05) is 11.9 Å². The molecule has 0 fully saturated rings. The summed E-state index contributed by atoms with van der Waals surface area (Å²) in [6.45, 7) is 9.68. The van der Waals surface area contributed by atoms with Crippen molar-refractivity contribution in [2.45, 2.75) is 39.5 Å². The lowest BCUT2D eigenvalue weighted by molar-refractivity contribution is 0.479. The first kappa shape index (κ1) is 15.4. The minimum Gasteiger partial charge on any atom is -0.456 e. The molecule has 2 aromatic rings. The smallest absolute Gasteiger partial charge is 0.147 e. The third-order valence-electron chi connectivity index (χ3n) is 3.25. The van der Waals surface area contributed by atoms with E-state index in [1.165, 1.54) is 5.56 Å². The van der Waals surface area contributed by atoms with Gasteiger partial charge in [-0.05, 0) is 29.5 Å². The van der Waals surface area contributed by atoms with Gasteiger partial charge in [-0.1, -0.05) is 39.8 Å². The fraction of sp³-hybridized carbons (Fsp3) is 0.389. The lowest BCUT2D eigenvalue weighted by Crippen LogP contribution is -2.10. The number of hydrogen-bond donors (Lipinski definition) is 1. The van der Waals surface area contributed by atoms with Crippen molar-refractivity contribution >= 4 is 5.69 Å². The molecule has 0 amide bonds. The molecule has 3 heteroatoms. The highest BCUT2D eigenvalue weighted by atomic mass is 16.5. The Morgan fingerprint density at radius 3 is 2.38 bits per heavy atom. The van der Waals surface area contributed by atoms with Crippen LogP contribution in [0.5, 0.6) is 11.5 Å². The first-order valence-electron chi connectivity index (χ1n) is 7.46. The van der Waals surface area contributed by atoms with Gasteiger partial charge in [0, 0.05) is 12.6 Å². The van der Waals surface area contributed by atoms with E-state index >= 15 is 0 Å². The van der Waals surface area contributed by atoms with E-state index in [0.29, 0.717) is 0 Å². The Bertz CT molecular complexity index is 571. The molecule has 1 aromatic carbocycles. The van der Waals surface area contributed by atoms with Crippen molar-refractivity contribution in [2.24, 2.45) is 0 Å². The third kappa shape index (κ3) is 4.48. The zero-order chi connectivity index (χ0) is 15.3. The quantitative estimate of drug-likeness (QED) is 0.839. The van der Waals surface area contributed by atoms with E-state index in [9.17, 15) is 0 Å². The predicted molar refractivity (Wildman–Crippen MR) is 88.2 cm³/mol. The summed E-state index contributed by atoms with van der Waals surface area (Å²) >= 11 is 0. The van der Waals surface area contributed by atoms with E-state index in [2.05, 4.69) is 50.1 Å². The van der Waals surface area contributed by atoms with Gasteiger partial charge in [0.15, 0.2) is 0 Å². The molecule has 2 rings (SSSR count). The van der Waals surface area contributed by atoms with Crippen LogP contribution in [0.1, 0.15) is 39.7 Å². The van der Waals surface area contributed by atoms with Crippen LogP contribution in [-0.4, -0.2) is 11.5 Å². The van der Waals surface area contributed by atoms with Crippen LogP contribution in [0.25, 0.3) is 0 Å². The van der Waals surface area contributed by atoms with Gasteiger partial charge >= 0.3 is 0 Å². The van der Waals surface area contributed by atoms with Gasteiger partial charge in [0.1, 0.15) is 11.5 Å². The monoisotopic (exact) mass is 284 g/mol. The molecular formula is C18H24N2O. The maximum atomic E-state index is 5.86. The lowest BCUT2D eigenvalue weighted by Gasteiger charge is -2.19. The van der Waals surface area contributed by atoms with E-state index in [1.807, 2.05) is 24.4 Å². The summed E-state index contributed by atoms with van der Waals surface area (Å²) in [6.07, 6.45) is 4.62. The maximum absolute atomic E-state index is 5.86. The molecule has 112 valence electrons. The van der Waals surface area contributed by atoms with Gasteiger partial charge in [-0.2, -0.15) is 0 Å². The van der Waals surface area contributed by atoms with Crippen molar-refractivity contribution in [3.63, 3.8) is 0 Å². The highest BCUT2D eigenvalue weighted by Crippen LogP contribution is 2.27. The number of benzene rings is 1. The summed E-state index contributed by atoms with van der Waals surface area (Å²) in [5, 5.41) is 3.31. The van der Waals surface area contributed by atoms with Gasteiger partial charge in [-0.3, -0.25) is 4.98 Å². The van der Waals surface area contributed by atoms with Crippen LogP contribution in [0.15, 0.2) is 42.7 Å². The lowest BCUT2D eigenvalue weighted by atomic mass is 9.87. The number of nitrogens with zero attached hydrogens (tertiary/aromatic N) is 1.